The summed E-state index contributed by atoms with van der Waals surface area (Å²) in [6.07, 6.45) is 16.4. The summed E-state index contributed by atoms with van der Waals surface area (Å²) in [5.74, 6) is -0.381. The van der Waals surface area contributed by atoms with Gasteiger partial charge in [0.05, 0.1) is 5.41 Å². The van der Waals surface area contributed by atoms with E-state index in [0.29, 0.717) is 6.42 Å². The lowest BCUT2D eigenvalue weighted by Gasteiger charge is -2.64. The SMILES string of the molecule is C/C1=C/C=C\C(C)(C)CCC[C@@]2(C)[C@H]1C(=O)C=C1[C@H]3C[C@](C)(C(=O)O)CC[C@@]3(C)CC[C@@]12C. The van der Waals surface area contributed by atoms with Crippen molar-refractivity contribution in [3.05, 3.63) is 35.5 Å². The highest BCUT2D eigenvalue weighted by molar-refractivity contribution is 5.97. The molecule has 4 aliphatic rings. The van der Waals surface area contributed by atoms with Crippen LogP contribution in [-0.2, 0) is 9.59 Å². The molecule has 3 nitrogen and oxygen atoms in total. The second-order valence-electron chi connectivity index (χ2n) is 13.6. The number of fused-ring (bicyclic) bond motifs is 5. The van der Waals surface area contributed by atoms with Crippen molar-refractivity contribution in [1.82, 2.24) is 0 Å². The molecule has 2 saturated carbocycles. The molecule has 0 aromatic heterocycles. The van der Waals surface area contributed by atoms with Crippen LogP contribution in [0.3, 0.4) is 0 Å². The minimum Gasteiger partial charge on any atom is -0.481 e. The maximum absolute atomic E-state index is 13.8. The zero-order chi connectivity index (χ0) is 24.4. The lowest BCUT2D eigenvalue weighted by Crippen LogP contribution is -2.58. The van der Waals surface area contributed by atoms with Gasteiger partial charge in [-0.15, -0.1) is 0 Å². The van der Waals surface area contributed by atoms with Crippen LogP contribution in [0.5, 0.6) is 0 Å². The van der Waals surface area contributed by atoms with Crippen molar-refractivity contribution in [3.63, 3.8) is 0 Å². The molecule has 4 rings (SSSR count). The highest BCUT2D eigenvalue weighted by atomic mass is 16.4. The van der Waals surface area contributed by atoms with Gasteiger partial charge in [-0.1, -0.05) is 70.4 Å². The van der Waals surface area contributed by atoms with Crippen molar-refractivity contribution >= 4 is 11.8 Å². The van der Waals surface area contributed by atoms with Crippen molar-refractivity contribution in [2.24, 2.45) is 38.9 Å². The maximum Gasteiger partial charge on any atom is 0.309 e. The van der Waals surface area contributed by atoms with E-state index in [0.717, 1.165) is 44.9 Å². The lowest BCUT2D eigenvalue weighted by atomic mass is 9.39. The molecule has 0 aromatic rings. The first-order valence-electron chi connectivity index (χ1n) is 13.0. The summed E-state index contributed by atoms with van der Waals surface area (Å²) in [7, 11) is 0. The molecule has 0 saturated heterocycles. The fraction of sp³-hybridized carbons (Fsp3) is 0.733. The molecule has 0 aliphatic heterocycles. The van der Waals surface area contributed by atoms with Gasteiger partial charge < -0.3 is 5.11 Å². The molecule has 4 aliphatic carbocycles. The Morgan fingerprint density at radius 2 is 1.64 bits per heavy atom. The number of hydrogen-bond acceptors (Lipinski definition) is 2. The van der Waals surface area contributed by atoms with Crippen molar-refractivity contribution in [2.45, 2.75) is 99.8 Å². The molecule has 33 heavy (non-hydrogen) atoms. The number of carbonyl (C=O) groups excluding carboxylic acids is 1. The second kappa shape index (κ2) is 7.68. The molecule has 2 fully saturated rings. The zero-order valence-electron chi connectivity index (χ0n) is 21.9. The summed E-state index contributed by atoms with van der Waals surface area (Å²) >= 11 is 0. The first-order chi connectivity index (χ1) is 15.2. The second-order valence-corrected chi connectivity index (χ2v) is 13.6. The molecule has 182 valence electrons. The Morgan fingerprint density at radius 3 is 2.30 bits per heavy atom. The first-order valence-corrected chi connectivity index (χ1v) is 13.0. The van der Waals surface area contributed by atoms with Crippen molar-refractivity contribution in [1.29, 1.82) is 0 Å². The summed E-state index contributed by atoms with van der Waals surface area (Å²) in [6, 6.07) is 0. The van der Waals surface area contributed by atoms with E-state index in [1.54, 1.807) is 0 Å². The van der Waals surface area contributed by atoms with Crippen LogP contribution in [0.1, 0.15) is 99.8 Å². The van der Waals surface area contributed by atoms with E-state index >= 15 is 0 Å². The average molecular weight is 453 g/mol. The first kappa shape index (κ1) is 24.5. The summed E-state index contributed by atoms with van der Waals surface area (Å²) < 4.78 is 0. The molecule has 6 atom stereocenters. The molecular weight excluding hydrogens is 408 g/mol. The van der Waals surface area contributed by atoms with Crippen molar-refractivity contribution in [2.75, 3.05) is 0 Å². The number of ketones is 1. The molecule has 1 N–H and O–H groups in total. The average Bonchev–Trinajstić information content (AvgIpc) is 2.70. The Balaban J connectivity index is 1.84. The Labute approximate surface area is 200 Å². The van der Waals surface area contributed by atoms with Gasteiger partial charge in [0.25, 0.3) is 0 Å². The summed E-state index contributed by atoms with van der Waals surface area (Å²) in [5.41, 5.74) is 1.73. The Hall–Kier alpha value is -1.64. The maximum atomic E-state index is 13.8. The van der Waals surface area contributed by atoms with E-state index in [1.165, 1.54) is 11.1 Å². The number of carbonyl (C=O) groups is 2. The predicted octanol–water partition coefficient (Wildman–Crippen LogP) is 7.53. The molecule has 0 bridgehead atoms. The normalized spacial score (nSPS) is 47.7. The number of hydrogen-bond donors (Lipinski definition) is 1. The van der Waals surface area contributed by atoms with Gasteiger partial charge in [0.2, 0.25) is 0 Å². The number of carboxylic acid groups (broad SMARTS) is 1. The van der Waals surface area contributed by atoms with Crippen molar-refractivity contribution in [3.8, 4) is 0 Å². The van der Waals surface area contributed by atoms with Crippen LogP contribution in [0.4, 0.5) is 0 Å². The van der Waals surface area contributed by atoms with Crippen molar-refractivity contribution < 1.29 is 14.7 Å². The summed E-state index contributed by atoms with van der Waals surface area (Å²) in [5, 5.41) is 10.0. The van der Waals surface area contributed by atoms with Crippen LogP contribution in [0.15, 0.2) is 35.5 Å². The molecule has 0 spiro atoms. The molecule has 0 radical (unpaired) electrons. The monoisotopic (exact) mass is 452 g/mol. The molecular formula is C30H44O3. The molecule has 0 heterocycles. The number of aliphatic carboxylic acids is 1. The molecule has 0 aromatic carbocycles. The van der Waals surface area contributed by atoms with E-state index in [1.807, 2.05) is 13.0 Å². The Bertz CT molecular complexity index is 952. The number of carboxylic acids is 1. The molecule has 0 unspecified atom stereocenters. The van der Waals surface area contributed by atoms with Crippen LogP contribution in [-0.4, -0.2) is 16.9 Å². The van der Waals surface area contributed by atoms with Gasteiger partial charge >= 0.3 is 5.97 Å². The van der Waals surface area contributed by atoms with Crippen LogP contribution in [0.25, 0.3) is 0 Å². The third-order valence-electron chi connectivity index (χ3n) is 10.8. The fourth-order valence-corrected chi connectivity index (χ4v) is 8.02. The van der Waals surface area contributed by atoms with Gasteiger partial charge in [0, 0.05) is 5.92 Å². The minimum atomic E-state index is -0.703. The quantitative estimate of drug-likeness (QED) is 0.447. The molecule has 0 amide bonds. The van der Waals surface area contributed by atoms with E-state index < -0.39 is 11.4 Å². The third-order valence-corrected chi connectivity index (χ3v) is 10.8. The van der Waals surface area contributed by atoms with Crippen LogP contribution in [0.2, 0.25) is 0 Å². The van der Waals surface area contributed by atoms with E-state index in [2.05, 4.69) is 59.8 Å². The Kier molecular flexibility index (Phi) is 5.70. The van der Waals surface area contributed by atoms with Gasteiger partial charge in [-0.05, 0) is 92.4 Å². The van der Waals surface area contributed by atoms with E-state index in [4.69, 9.17) is 0 Å². The molecule has 3 heteroatoms. The van der Waals surface area contributed by atoms with Gasteiger partial charge in [0.15, 0.2) is 5.78 Å². The smallest absolute Gasteiger partial charge is 0.309 e. The van der Waals surface area contributed by atoms with E-state index in [-0.39, 0.29) is 39.3 Å². The zero-order valence-corrected chi connectivity index (χ0v) is 21.9. The number of allylic oxidation sites excluding steroid dienone is 6. The summed E-state index contributed by atoms with van der Waals surface area (Å²) in [6.45, 7) is 15.8. The minimum absolute atomic E-state index is 0.0886. The largest absolute Gasteiger partial charge is 0.481 e. The lowest BCUT2D eigenvalue weighted by molar-refractivity contribution is -0.155. The van der Waals surface area contributed by atoms with Gasteiger partial charge in [-0.3, -0.25) is 9.59 Å². The van der Waals surface area contributed by atoms with Gasteiger partial charge in [0.1, 0.15) is 0 Å². The fourth-order valence-electron chi connectivity index (χ4n) is 8.02. The van der Waals surface area contributed by atoms with E-state index in [9.17, 15) is 14.7 Å². The third kappa shape index (κ3) is 3.69. The van der Waals surface area contributed by atoms with Crippen LogP contribution < -0.4 is 0 Å². The summed E-state index contributed by atoms with van der Waals surface area (Å²) in [4.78, 5) is 26.1. The van der Waals surface area contributed by atoms with Gasteiger partial charge in [-0.2, -0.15) is 0 Å². The van der Waals surface area contributed by atoms with Crippen LogP contribution >= 0.6 is 0 Å². The standard InChI is InChI=1S/C30H44O3/c1-20-10-8-11-26(2,3)12-9-13-30(7)24(20)23(31)18-21-22-19-28(5,25(32)33)15-14-27(22,4)16-17-29(21,30)6/h8,10-11,18,22,24H,9,12-17,19H2,1-7H3,(H,32,33)/b11-8-,20-10-/t22-,24-,27+,28-,29+,30+/m1/s1. The number of rotatable bonds is 1. The topological polar surface area (TPSA) is 54.4 Å². The van der Waals surface area contributed by atoms with Gasteiger partial charge in [-0.25, -0.2) is 0 Å². The highest BCUT2D eigenvalue weighted by Crippen LogP contribution is 2.69. The Morgan fingerprint density at radius 1 is 0.970 bits per heavy atom. The highest BCUT2D eigenvalue weighted by Gasteiger charge is 2.63. The predicted molar refractivity (Wildman–Crippen MR) is 134 cm³/mol. The van der Waals surface area contributed by atoms with Crippen LogP contribution in [0, 0.1) is 38.9 Å².